The summed E-state index contributed by atoms with van der Waals surface area (Å²) in [4.78, 5) is 24.3. The fourth-order valence-electron chi connectivity index (χ4n) is 2.48. The van der Waals surface area contributed by atoms with Crippen LogP contribution in [0.1, 0.15) is 0 Å². The summed E-state index contributed by atoms with van der Waals surface area (Å²) in [6.07, 6.45) is 2.99. The largest absolute Gasteiger partial charge is 0.481 e. The molecule has 0 spiro atoms. The Hall–Kier alpha value is -1.83. The first kappa shape index (κ1) is 15.1. The molecule has 1 unspecified atom stereocenters. The summed E-state index contributed by atoms with van der Waals surface area (Å²) in [5, 5.41) is 1.65. The molecule has 0 bridgehead atoms. The van der Waals surface area contributed by atoms with E-state index in [1.165, 1.54) is 17.8 Å². The van der Waals surface area contributed by atoms with Gasteiger partial charge in [-0.25, -0.2) is 9.37 Å². The lowest BCUT2D eigenvalue weighted by Crippen LogP contribution is -2.54. The van der Waals surface area contributed by atoms with Gasteiger partial charge in [0.25, 0.3) is 5.91 Å². The van der Waals surface area contributed by atoms with E-state index in [1.807, 2.05) is 4.90 Å². The smallest absolute Gasteiger partial charge is 0.265 e. The average molecular weight is 324 g/mol. The first-order chi connectivity index (χ1) is 10.6. The lowest BCUT2D eigenvalue weighted by atomic mass is 10.1. The summed E-state index contributed by atoms with van der Waals surface area (Å²) >= 11 is 1.33. The van der Waals surface area contributed by atoms with E-state index >= 15 is 0 Å². The molecule has 1 aromatic rings. The summed E-state index contributed by atoms with van der Waals surface area (Å²) in [6.45, 7) is 2.07. The summed E-state index contributed by atoms with van der Waals surface area (Å²) in [5.41, 5.74) is -1.85. The van der Waals surface area contributed by atoms with E-state index in [-0.39, 0.29) is 5.75 Å². The third kappa shape index (κ3) is 2.87. The number of alkyl halides is 1. The number of halogens is 1. The molecule has 0 N–H and O–H groups in total. The molecule has 118 valence electrons. The Morgan fingerprint density at radius 1 is 1.41 bits per heavy atom. The molecule has 6 nitrogen and oxygen atoms in total. The van der Waals surface area contributed by atoms with E-state index in [9.17, 15) is 9.18 Å². The Balaban J connectivity index is 1.62. The molecule has 1 fully saturated rings. The minimum absolute atomic E-state index is 0.172. The van der Waals surface area contributed by atoms with Crippen LogP contribution in [0.3, 0.4) is 0 Å². The van der Waals surface area contributed by atoms with Crippen LogP contribution in [0.5, 0.6) is 5.88 Å². The highest BCUT2D eigenvalue weighted by Crippen LogP contribution is 2.30. The van der Waals surface area contributed by atoms with Crippen molar-refractivity contribution >= 4 is 23.6 Å². The van der Waals surface area contributed by atoms with Crippen LogP contribution in [0.4, 0.5) is 10.3 Å². The first-order valence-electron chi connectivity index (χ1n) is 7.02. The number of ether oxygens (including phenoxy) is 1. The van der Waals surface area contributed by atoms with E-state index < -0.39 is 11.6 Å². The van der Waals surface area contributed by atoms with E-state index in [1.54, 1.807) is 29.7 Å². The maximum Gasteiger partial charge on any atom is 0.265 e. The molecule has 2 aliphatic rings. The number of methoxy groups -OCH3 is 1. The van der Waals surface area contributed by atoms with Crippen molar-refractivity contribution < 1.29 is 13.9 Å². The molecule has 0 saturated carbocycles. The molecule has 1 atom stereocenters. The van der Waals surface area contributed by atoms with Gasteiger partial charge in [-0.15, -0.1) is 11.8 Å². The van der Waals surface area contributed by atoms with E-state index in [2.05, 4.69) is 9.97 Å². The Labute approximate surface area is 132 Å². The molecule has 2 aliphatic heterocycles. The summed E-state index contributed by atoms with van der Waals surface area (Å²) in [7, 11) is 1.55. The number of rotatable bonds is 3. The zero-order valence-corrected chi connectivity index (χ0v) is 13.1. The van der Waals surface area contributed by atoms with E-state index in [4.69, 9.17) is 4.74 Å². The van der Waals surface area contributed by atoms with Crippen molar-refractivity contribution in [3.63, 3.8) is 0 Å². The van der Waals surface area contributed by atoms with Gasteiger partial charge >= 0.3 is 0 Å². The van der Waals surface area contributed by atoms with Crippen molar-refractivity contribution in [1.82, 2.24) is 14.9 Å². The standard InChI is InChI=1S/C14H17FN4O2S/c1-21-11-2-4-16-13(17-11)19-7-5-18(6-8-19)12(20)14(15)3-9-22-10-14/h2-4,9H,5-8,10H2,1H3. The third-order valence-electron chi connectivity index (χ3n) is 3.75. The molecule has 3 rings (SSSR count). The van der Waals surface area contributed by atoms with Crippen LogP contribution >= 0.6 is 11.8 Å². The van der Waals surface area contributed by atoms with Crippen LogP contribution in [-0.4, -0.2) is 65.5 Å². The third-order valence-corrected chi connectivity index (χ3v) is 4.67. The van der Waals surface area contributed by atoms with Crippen molar-refractivity contribution in [2.24, 2.45) is 0 Å². The molecule has 0 aliphatic carbocycles. The Morgan fingerprint density at radius 3 is 2.82 bits per heavy atom. The second kappa shape index (κ2) is 6.12. The molecular formula is C14H17FN4O2S. The van der Waals surface area contributed by atoms with Crippen molar-refractivity contribution in [2.45, 2.75) is 5.67 Å². The van der Waals surface area contributed by atoms with Gasteiger partial charge in [0.2, 0.25) is 17.5 Å². The number of carbonyl (C=O) groups excluding carboxylic acids is 1. The Morgan fingerprint density at radius 2 is 2.18 bits per heavy atom. The predicted molar refractivity (Wildman–Crippen MR) is 82.8 cm³/mol. The minimum Gasteiger partial charge on any atom is -0.481 e. The van der Waals surface area contributed by atoms with Gasteiger partial charge in [0.1, 0.15) is 0 Å². The quantitative estimate of drug-likeness (QED) is 0.830. The number of anilines is 1. The lowest BCUT2D eigenvalue weighted by molar-refractivity contribution is -0.139. The maximum absolute atomic E-state index is 14.5. The van der Waals surface area contributed by atoms with Crippen molar-refractivity contribution in [3.05, 3.63) is 23.7 Å². The molecular weight excluding hydrogens is 307 g/mol. The average Bonchev–Trinajstić information content (AvgIpc) is 3.02. The predicted octanol–water partition coefficient (Wildman–Crippen LogP) is 1.10. The molecule has 1 saturated heterocycles. The summed E-state index contributed by atoms with van der Waals surface area (Å²) in [6, 6.07) is 1.68. The topological polar surface area (TPSA) is 58.6 Å². The molecule has 0 radical (unpaired) electrons. The minimum atomic E-state index is -1.85. The molecule has 1 amide bonds. The summed E-state index contributed by atoms with van der Waals surface area (Å²) in [5.74, 6) is 0.794. The van der Waals surface area contributed by atoms with Gasteiger partial charge < -0.3 is 14.5 Å². The number of hydrogen-bond donors (Lipinski definition) is 0. The molecule has 0 aromatic carbocycles. The number of piperazine rings is 1. The van der Waals surface area contributed by atoms with Crippen LogP contribution in [0, 0.1) is 0 Å². The van der Waals surface area contributed by atoms with Crippen LogP contribution < -0.4 is 9.64 Å². The molecule has 3 heterocycles. The number of carbonyl (C=O) groups is 1. The highest BCUT2D eigenvalue weighted by molar-refractivity contribution is 8.02. The lowest BCUT2D eigenvalue weighted by Gasteiger charge is -2.36. The van der Waals surface area contributed by atoms with Gasteiger partial charge in [-0.05, 0) is 11.5 Å². The van der Waals surface area contributed by atoms with Gasteiger partial charge in [0.15, 0.2) is 0 Å². The van der Waals surface area contributed by atoms with E-state index in [0.29, 0.717) is 38.0 Å². The highest BCUT2D eigenvalue weighted by Gasteiger charge is 2.42. The van der Waals surface area contributed by atoms with Crippen molar-refractivity contribution in [3.8, 4) is 5.88 Å². The van der Waals surface area contributed by atoms with Gasteiger partial charge in [-0.2, -0.15) is 4.98 Å². The monoisotopic (exact) mass is 324 g/mol. The Bertz CT molecular complexity index is 592. The maximum atomic E-state index is 14.5. The van der Waals surface area contributed by atoms with E-state index in [0.717, 1.165) is 0 Å². The van der Waals surface area contributed by atoms with Gasteiger partial charge in [0.05, 0.1) is 7.11 Å². The fraction of sp³-hybridized carbons (Fsp3) is 0.500. The number of amides is 1. The van der Waals surface area contributed by atoms with Crippen LogP contribution in [0.2, 0.25) is 0 Å². The molecule has 1 aromatic heterocycles. The molecule has 8 heteroatoms. The first-order valence-corrected chi connectivity index (χ1v) is 8.07. The SMILES string of the molecule is COc1ccnc(N2CCN(C(=O)C3(F)C=CSC3)CC2)n1. The second-order valence-electron chi connectivity index (χ2n) is 5.15. The van der Waals surface area contributed by atoms with Crippen molar-refractivity contribution in [2.75, 3.05) is 43.9 Å². The van der Waals surface area contributed by atoms with Crippen LogP contribution in [0.15, 0.2) is 23.7 Å². The summed E-state index contributed by atoms with van der Waals surface area (Å²) < 4.78 is 19.5. The zero-order valence-electron chi connectivity index (χ0n) is 12.2. The Kier molecular flexibility index (Phi) is 4.19. The normalized spacial score (nSPS) is 24.6. The number of thioether (sulfide) groups is 1. The van der Waals surface area contributed by atoms with Crippen LogP contribution in [-0.2, 0) is 4.79 Å². The zero-order chi connectivity index (χ0) is 15.6. The van der Waals surface area contributed by atoms with Gasteiger partial charge in [-0.1, -0.05) is 0 Å². The van der Waals surface area contributed by atoms with Crippen LogP contribution in [0.25, 0.3) is 0 Å². The number of hydrogen-bond acceptors (Lipinski definition) is 6. The van der Waals surface area contributed by atoms with Gasteiger partial charge in [0, 0.05) is 44.2 Å². The highest BCUT2D eigenvalue weighted by atomic mass is 32.2. The second-order valence-corrected chi connectivity index (χ2v) is 6.05. The van der Waals surface area contributed by atoms with Gasteiger partial charge in [-0.3, -0.25) is 4.79 Å². The van der Waals surface area contributed by atoms with Crippen molar-refractivity contribution in [1.29, 1.82) is 0 Å². The fourth-order valence-corrected chi connectivity index (χ4v) is 3.35. The number of nitrogens with zero attached hydrogens (tertiary/aromatic N) is 4. The number of aromatic nitrogens is 2. The molecule has 22 heavy (non-hydrogen) atoms.